The largest absolute Gasteiger partial charge is 0.325 e. The van der Waals surface area contributed by atoms with Gasteiger partial charge in [0, 0.05) is 23.2 Å². The van der Waals surface area contributed by atoms with E-state index in [0.29, 0.717) is 12.5 Å². The fourth-order valence-corrected chi connectivity index (χ4v) is 3.93. The zero-order valence-corrected chi connectivity index (χ0v) is 17.5. The predicted octanol–water partition coefficient (Wildman–Crippen LogP) is 4.23. The van der Waals surface area contributed by atoms with Crippen LogP contribution in [0.4, 0.5) is 5.69 Å². The molecule has 0 aliphatic carbocycles. The number of carbonyl (C=O) groups excluding carboxylic acids is 1. The highest BCUT2D eigenvalue weighted by Crippen LogP contribution is 2.19. The van der Waals surface area contributed by atoms with Gasteiger partial charge < -0.3 is 10.2 Å². The summed E-state index contributed by atoms with van der Waals surface area (Å²) in [5.74, 6) is 0.779. The van der Waals surface area contributed by atoms with Gasteiger partial charge in [0.25, 0.3) is 0 Å². The lowest BCUT2D eigenvalue weighted by Crippen LogP contribution is -2.41. The summed E-state index contributed by atoms with van der Waals surface area (Å²) < 4.78 is 1.01. The predicted molar refractivity (Wildman–Crippen MR) is 115 cm³/mol. The van der Waals surface area contributed by atoms with Crippen molar-refractivity contribution >= 4 is 27.5 Å². The summed E-state index contributed by atoms with van der Waals surface area (Å²) in [4.78, 5) is 16.9. The van der Waals surface area contributed by atoms with Crippen molar-refractivity contribution in [3.8, 4) is 0 Å². The highest BCUT2D eigenvalue weighted by atomic mass is 79.9. The summed E-state index contributed by atoms with van der Waals surface area (Å²) in [7, 11) is 2.20. The average Bonchev–Trinajstić information content (AvgIpc) is 2.66. The second kappa shape index (κ2) is 10.0. The van der Waals surface area contributed by atoms with Gasteiger partial charge in [-0.25, -0.2) is 0 Å². The quantitative estimate of drug-likeness (QED) is 0.714. The molecule has 1 saturated heterocycles. The van der Waals surface area contributed by atoms with Gasteiger partial charge >= 0.3 is 0 Å². The third kappa shape index (κ3) is 6.76. The van der Waals surface area contributed by atoms with Crippen molar-refractivity contribution in [2.45, 2.75) is 19.4 Å². The van der Waals surface area contributed by atoms with Gasteiger partial charge in [0.1, 0.15) is 0 Å². The molecule has 5 heteroatoms. The van der Waals surface area contributed by atoms with Crippen LogP contribution in [0.2, 0.25) is 0 Å². The average molecular weight is 430 g/mol. The van der Waals surface area contributed by atoms with Crippen molar-refractivity contribution in [3.05, 3.63) is 64.6 Å². The maximum absolute atomic E-state index is 12.3. The van der Waals surface area contributed by atoms with Crippen molar-refractivity contribution in [2.24, 2.45) is 5.92 Å². The second-order valence-corrected chi connectivity index (χ2v) is 8.37. The van der Waals surface area contributed by atoms with Gasteiger partial charge in [-0.15, -0.1) is 0 Å². The van der Waals surface area contributed by atoms with Crippen molar-refractivity contribution in [1.29, 1.82) is 0 Å². The van der Waals surface area contributed by atoms with Gasteiger partial charge in [0.15, 0.2) is 0 Å². The molecule has 0 atom stereocenters. The molecule has 1 aliphatic rings. The number of likely N-dealkylation sites (tertiary alicyclic amines) is 1. The van der Waals surface area contributed by atoms with Crippen LogP contribution in [0, 0.1) is 5.92 Å². The van der Waals surface area contributed by atoms with Crippen LogP contribution in [0.1, 0.15) is 18.4 Å². The van der Waals surface area contributed by atoms with Crippen molar-refractivity contribution in [1.82, 2.24) is 9.80 Å². The zero-order valence-electron chi connectivity index (χ0n) is 15.9. The summed E-state index contributed by atoms with van der Waals surface area (Å²) in [6.45, 7) is 4.59. The third-order valence-corrected chi connectivity index (χ3v) is 5.60. The van der Waals surface area contributed by atoms with E-state index < -0.39 is 0 Å². The first-order valence-electron chi connectivity index (χ1n) is 9.59. The summed E-state index contributed by atoms with van der Waals surface area (Å²) in [5.41, 5.74) is 2.21. The van der Waals surface area contributed by atoms with E-state index >= 15 is 0 Å². The number of anilines is 1. The number of halogens is 1. The number of benzene rings is 2. The van der Waals surface area contributed by atoms with Crippen molar-refractivity contribution in [3.63, 3.8) is 0 Å². The lowest BCUT2D eigenvalue weighted by molar-refractivity contribution is -0.117. The molecule has 1 heterocycles. The van der Waals surface area contributed by atoms with Gasteiger partial charge in [-0.2, -0.15) is 0 Å². The molecular weight excluding hydrogens is 402 g/mol. The Kier molecular flexibility index (Phi) is 7.44. The molecule has 1 amide bonds. The van der Waals surface area contributed by atoms with E-state index in [2.05, 4.69) is 68.4 Å². The zero-order chi connectivity index (χ0) is 19.1. The lowest BCUT2D eigenvalue weighted by Gasteiger charge is -2.33. The summed E-state index contributed by atoms with van der Waals surface area (Å²) in [6, 6.07) is 18.3. The number of piperidine rings is 1. The van der Waals surface area contributed by atoms with E-state index in [9.17, 15) is 4.79 Å². The Morgan fingerprint density at radius 2 is 1.78 bits per heavy atom. The Morgan fingerprint density at radius 3 is 2.44 bits per heavy atom. The first kappa shape index (κ1) is 20.1. The molecule has 4 nitrogen and oxygen atoms in total. The number of carbonyl (C=O) groups is 1. The standard InChI is InChI=1S/C22H28BrN3O/c1-25(15-18-5-3-2-4-6-18)16-19-11-13-26(14-12-19)17-22(27)24-21-9-7-20(23)8-10-21/h2-10,19H,11-17H2,1H3,(H,24,27). The fraction of sp³-hybridized carbons (Fsp3) is 0.409. The Hall–Kier alpha value is -1.69. The number of amides is 1. The molecule has 0 saturated carbocycles. The molecule has 1 fully saturated rings. The maximum atomic E-state index is 12.3. The minimum absolute atomic E-state index is 0.0666. The Bertz CT molecular complexity index is 712. The van der Waals surface area contributed by atoms with E-state index in [1.807, 2.05) is 24.3 Å². The minimum Gasteiger partial charge on any atom is -0.325 e. The first-order valence-corrected chi connectivity index (χ1v) is 10.4. The first-order chi connectivity index (χ1) is 13.1. The number of hydrogen-bond acceptors (Lipinski definition) is 3. The van der Waals surface area contributed by atoms with Crippen LogP contribution in [0.25, 0.3) is 0 Å². The molecule has 0 aromatic heterocycles. The topological polar surface area (TPSA) is 35.6 Å². The number of rotatable bonds is 7. The van der Waals surface area contributed by atoms with E-state index in [-0.39, 0.29) is 5.91 Å². The van der Waals surface area contributed by atoms with Gasteiger partial charge in [-0.3, -0.25) is 9.69 Å². The molecule has 144 valence electrons. The Labute approximate surface area is 170 Å². The van der Waals surface area contributed by atoms with Crippen LogP contribution >= 0.6 is 15.9 Å². The van der Waals surface area contributed by atoms with Crippen molar-refractivity contribution in [2.75, 3.05) is 38.5 Å². The van der Waals surface area contributed by atoms with E-state index in [4.69, 9.17) is 0 Å². The SMILES string of the molecule is CN(Cc1ccccc1)CC1CCN(CC(=O)Nc2ccc(Br)cc2)CC1. The van der Waals surface area contributed by atoms with Crippen LogP contribution in [0.3, 0.4) is 0 Å². The highest BCUT2D eigenvalue weighted by molar-refractivity contribution is 9.10. The normalized spacial score (nSPS) is 15.8. The van der Waals surface area contributed by atoms with Gasteiger partial charge in [0.05, 0.1) is 6.54 Å². The van der Waals surface area contributed by atoms with Crippen LogP contribution < -0.4 is 5.32 Å². The van der Waals surface area contributed by atoms with Gasteiger partial charge in [0.2, 0.25) is 5.91 Å². The second-order valence-electron chi connectivity index (χ2n) is 7.46. The number of hydrogen-bond donors (Lipinski definition) is 1. The molecule has 0 unspecified atom stereocenters. The highest BCUT2D eigenvalue weighted by Gasteiger charge is 2.22. The number of nitrogens with zero attached hydrogens (tertiary/aromatic N) is 2. The smallest absolute Gasteiger partial charge is 0.238 e. The molecule has 0 radical (unpaired) electrons. The monoisotopic (exact) mass is 429 g/mol. The molecule has 2 aromatic rings. The van der Waals surface area contributed by atoms with Crippen molar-refractivity contribution < 1.29 is 4.79 Å². The lowest BCUT2D eigenvalue weighted by atomic mass is 9.96. The van der Waals surface area contributed by atoms with Gasteiger partial charge in [-0.05, 0) is 68.7 Å². The Balaban J connectivity index is 1.37. The maximum Gasteiger partial charge on any atom is 0.238 e. The summed E-state index contributed by atoms with van der Waals surface area (Å²) in [6.07, 6.45) is 2.31. The van der Waals surface area contributed by atoms with E-state index in [0.717, 1.165) is 49.2 Å². The van der Waals surface area contributed by atoms with Crippen LogP contribution in [0.15, 0.2) is 59.1 Å². The van der Waals surface area contributed by atoms with E-state index in [1.165, 1.54) is 5.56 Å². The van der Waals surface area contributed by atoms with Crippen LogP contribution in [-0.4, -0.2) is 48.9 Å². The third-order valence-electron chi connectivity index (χ3n) is 5.07. The molecule has 1 aliphatic heterocycles. The van der Waals surface area contributed by atoms with E-state index in [1.54, 1.807) is 0 Å². The van der Waals surface area contributed by atoms with Gasteiger partial charge in [-0.1, -0.05) is 46.3 Å². The molecule has 3 rings (SSSR count). The molecule has 27 heavy (non-hydrogen) atoms. The summed E-state index contributed by atoms with van der Waals surface area (Å²) >= 11 is 3.41. The molecule has 0 bridgehead atoms. The molecule has 0 spiro atoms. The minimum atomic E-state index is 0.0666. The molecule has 2 aromatic carbocycles. The van der Waals surface area contributed by atoms with Crippen LogP contribution in [-0.2, 0) is 11.3 Å². The number of nitrogens with one attached hydrogen (secondary N) is 1. The fourth-order valence-electron chi connectivity index (χ4n) is 3.66. The Morgan fingerprint density at radius 1 is 1.11 bits per heavy atom. The van der Waals surface area contributed by atoms with Crippen LogP contribution in [0.5, 0.6) is 0 Å². The molecule has 1 N–H and O–H groups in total. The summed E-state index contributed by atoms with van der Waals surface area (Å²) in [5, 5.41) is 2.98. The molecular formula is C22H28BrN3O.